The van der Waals surface area contributed by atoms with Gasteiger partial charge in [-0.05, 0) is 24.3 Å². The molecule has 0 atom stereocenters. The first-order valence-electron chi connectivity index (χ1n) is 8.64. The van der Waals surface area contributed by atoms with Gasteiger partial charge in [-0.15, -0.1) is 0 Å². The Balaban J connectivity index is 1.65. The average Bonchev–Trinajstić information content (AvgIpc) is 3.14. The van der Waals surface area contributed by atoms with Gasteiger partial charge in [-0.25, -0.2) is 4.98 Å². The van der Waals surface area contributed by atoms with E-state index in [2.05, 4.69) is 20.3 Å². The molecule has 3 rings (SSSR count). The van der Waals surface area contributed by atoms with E-state index < -0.39 is 29.4 Å². The van der Waals surface area contributed by atoms with E-state index in [0.29, 0.717) is 23.5 Å². The zero-order valence-electron chi connectivity index (χ0n) is 15.4. The van der Waals surface area contributed by atoms with Crippen LogP contribution in [0, 0.1) is 0 Å². The summed E-state index contributed by atoms with van der Waals surface area (Å²) in [7, 11) is 0. The van der Waals surface area contributed by atoms with Crippen molar-refractivity contribution in [1.29, 1.82) is 0 Å². The maximum absolute atomic E-state index is 12.9. The Morgan fingerprint density at radius 1 is 1.10 bits per heavy atom. The van der Waals surface area contributed by atoms with Crippen LogP contribution in [0.2, 0.25) is 0 Å². The number of hydrogen-bond acceptors (Lipinski definition) is 4. The van der Waals surface area contributed by atoms with Crippen molar-refractivity contribution in [3.63, 3.8) is 0 Å². The number of carbonyl (C=O) groups is 1. The Hall–Kier alpha value is -3.41. The fourth-order valence-electron chi connectivity index (χ4n) is 2.73. The minimum absolute atomic E-state index is 0.0516. The van der Waals surface area contributed by atoms with Gasteiger partial charge in [0.25, 0.3) is 5.60 Å². The van der Waals surface area contributed by atoms with Crippen LogP contribution >= 0.6 is 0 Å². The molecule has 0 saturated carbocycles. The fraction of sp³-hybridized carbons (Fsp3) is 0.211. The molecule has 0 fully saturated rings. The number of halogens is 6. The molecule has 0 saturated heterocycles. The number of aromatic amines is 1. The maximum atomic E-state index is 12.9. The number of carbonyl (C=O) groups excluding carboxylic acids is 1. The SMILES string of the molecule is O=C(C/C=N/c1cnc2[nH]ccc2c1)Nc1ccc(C(O)(C(F)(F)F)C(F)(F)F)cc1. The summed E-state index contributed by atoms with van der Waals surface area (Å²) in [6.45, 7) is 0. The van der Waals surface area contributed by atoms with Crippen LogP contribution < -0.4 is 5.32 Å². The normalized spacial score (nSPS) is 13.1. The molecule has 1 amide bonds. The third-order valence-corrected chi connectivity index (χ3v) is 4.31. The number of benzene rings is 1. The molecule has 2 aromatic heterocycles. The highest BCUT2D eigenvalue weighted by molar-refractivity contribution is 5.99. The summed E-state index contributed by atoms with van der Waals surface area (Å²) in [6, 6.07) is 6.07. The van der Waals surface area contributed by atoms with Crippen molar-refractivity contribution in [2.24, 2.45) is 4.99 Å². The molecule has 6 nitrogen and oxygen atoms in total. The van der Waals surface area contributed by atoms with Crippen molar-refractivity contribution in [2.75, 3.05) is 5.32 Å². The first-order valence-corrected chi connectivity index (χ1v) is 8.64. The summed E-state index contributed by atoms with van der Waals surface area (Å²) in [5.74, 6) is -0.603. The highest BCUT2D eigenvalue weighted by Crippen LogP contribution is 2.50. The van der Waals surface area contributed by atoms with Crippen molar-refractivity contribution in [3.8, 4) is 0 Å². The Morgan fingerprint density at radius 3 is 2.35 bits per heavy atom. The number of anilines is 1. The van der Waals surface area contributed by atoms with Crippen LogP contribution in [0.5, 0.6) is 0 Å². The summed E-state index contributed by atoms with van der Waals surface area (Å²) in [4.78, 5) is 23.0. The van der Waals surface area contributed by atoms with Crippen LogP contribution in [0.25, 0.3) is 11.0 Å². The number of rotatable bonds is 5. The van der Waals surface area contributed by atoms with E-state index in [-0.39, 0.29) is 12.1 Å². The standard InChI is InChI=1S/C19H14F6N4O2/c20-18(21,22)17(31,19(23,24)25)12-1-3-13(4-2-12)29-15(30)6-8-26-14-9-11-5-7-27-16(11)28-10-14/h1-5,7-10,31H,6H2,(H,27,28)(H,29,30)/b26-8+. The minimum atomic E-state index is -5.98. The zero-order chi connectivity index (χ0) is 22.9. The Labute approximate surface area is 170 Å². The Bertz CT molecular complexity index is 1090. The largest absolute Gasteiger partial charge is 0.430 e. The van der Waals surface area contributed by atoms with E-state index in [1.807, 2.05) is 0 Å². The number of aromatic nitrogens is 2. The number of amides is 1. The Kier molecular flexibility index (Phi) is 5.77. The van der Waals surface area contributed by atoms with Crippen molar-refractivity contribution >= 4 is 34.5 Å². The first kappa shape index (κ1) is 22.3. The summed E-state index contributed by atoms with van der Waals surface area (Å²) >= 11 is 0. The van der Waals surface area contributed by atoms with Crippen LogP contribution in [0.4, 0.5) is 37.7 Å². The average molecular weight is 444 g/mol. The predicted octanol–water partition coefficient (Wildman–Crippen LogP) is 4.61. The van der Waals surface area contributed by atoms with E-state index in [1.165, 1.54) is 12.4 Å². The molecule has 3 N–H and O–H groups in total. The third kappa shape index (κ3) is 4.53. The van der Waals surface area contributed by atoms with Gasteiger partial charge in [-0.2, -0.15) is 26.3 Å². The number of alkyl halides is 6. The highest BCUT2D eigenvalue weighted by Gasteiger charge is 2.71. The van der Waals surface area contributed by atoms with Gasteiger partial charge in [-0.1, -0.05) is 12.1 Å². The number of aliphatic imine (C=N–C) groups is 1. The van der Waals surface area contributed by atoms with Crippen LogP contribution in [0.1, 0.15) is 12.0 Å². The van der Waals surface area contributed by atoms with Gasteiger partial charge >= 0.3 is 12.4 Å². The number of nitrogens with one attached hydrogen (secondary N) is 2. The number of H-pyrrole nitrogens is 1. The van der Waals surface area contributed by atoms with Crippen molar-refractivity contribution in [1.82, 2.24) is 9.97 Å². The second kappa shape index (κ2) is 8.02. The monoisotopic (exact) mass is 444 g/mol. The summed E-state index contributed by atoms with van der Waals surface area (Å²) in [5, 5.41) is 12.5. The number of pyridine rings is 1. The predicted molar refractivity (Wildman–Crippen MR) is 99.9 cm³/mol. The number of hydrogen-bond donors (Lipinski definition) is 3. The molecule has 2 heterocycles. The van der Waals surface area contributed by atoms with E-state index in [4.69, 9.17) is 0 Å². The topological polar surface area (TPSA) is 90.4 Å². The lowest BCUT2D eigenvalue weighted by Gasteiger charge is -2.32. The van der Waals surface area contributed by atoms with Gasteiger partial charge in [0.15, 0.2) is 0 Å². The maximum Gasteiger partial charge on any atom is 0.430 e. The van der Waals surface area contributed by atoms with E-state index in [1.54, 1.807) is 18.3 Å². The van der Waals surface area contributed by atoms with Gasteiger partial charge < -0.3 is 15.4 Å². The molecule has 0 radical (unpaired) electrons. The molecular formula is C19H14F6N4O2. The van der Waals surface area contributed by atoms with E-state index in [0.717, 1.165) is 17.5 Å². The summed E-state index contributed by atoms with van der Waals surface area (Å²) < 4.78 is 77.3. The molecule has 164 valence electrons. The van der Waals surface area contributed by atoms with Gasteiger partial charge in [-0.3, -0.25) is 9.79 Å². The van der Waals surface area contributed by atoms with Crippen LogP contribution in [0.15, 0.2) is 53.8 Å². The molecule has 0 unspecified atom stereocenters. The molecule has 0 aliphatic rings. The second-order valence-electron chi connectivity index (χ2n) is 6.46. The van der Waals surface area contributed by atoms with Gasteiger partial charge in [0.05, 0.1) is 18.3 Å². The minimum Gasteiger partial charge on any atom is -0.369 e. The van der Waals surface area contributed by atoms with E-state index >= 15 is 0 Å². The summed E-state index contributed by atoms with van der Waals surface area (Å²) in [6.07, 6.45) is -7.70. The van der Waals surface area contributed by atoms with Crippen molar-refractivity contribution in [2.45, 2.75) is 24.4 Å². The van der Waals surface area contributed by atoms with Crippen LogP contribution in [-0.2, 0) is 10.4 Å². The molecule has 12 heteroatoms. The molecule has 31 heavy (non-hydrogen) atoms. The molecule has 3 aromatic rings. The lowest BCUT2D eigenvalue weighted by molar-refractivity contribution is -0.376. The lowest BCUT2D eigenvalue weighted by atomic mass is 9.92. The molecule has 0 bridgehead atoms. The highest BCUT2D eigenvalue weighted by atomic mass is 19.4. The zero-order valence-corrected chi connectivity index (χ0v) is 15.4. The molecule has 0 spiro atoms. The van der Waals surface area contributed by atoms with Gasteiger partial charge in [0.2, 0.25) is 5.91 Å². The Morgan fingerprint density at radius 2 is 1.74 bits per heavy atom. The van der Waals surface area contributed by atoms with Crippen LogP contribution in [-0.4, -0.2) is 39.5 Å². The van der Waals surface area contributed by atoms with Gasteiger partial charge in [0.1, 0.15) is 5.65 Å². The molecule has 1 aromatic carbocycles. The smallest absolute Gasteiger partial charge is 0.369 e. The van der Waals surface area contributed by atoms with Crippen molar-refractivity contribution < 1.29 is 36.2 Å². The number of fused-ring (bicyclic) bond motifs is 1. The first-order chi connectivity index (χ1) is 14.4. The fourth-order valence-corrected chi connectivity index (χ4v) is 2.73. The molecular weight excluding hydrogens is 430 g/mol. The van der Waals surface area contributed by atoms with Gasteiger partial charge in [0, 0.05) is 29.0 Å². The van der Waals surface area contributed by atoms with Crippen molar-refractivity contribution in [3.05, 3.63) is 54.4 Å². The van der Waals surface area contributed by atoms with Crippen LogP contribution in [0.3, 0.4) is 0 Å². The number of aliphatic hydroxyl groups is 1. The quantitative estimate of drug-likeness (QED) is 0.397. The lowest BCUT2D eigenvalue weighted by Crippen LogP contribution is -2.53. The van der Waals surface area contributed by atoms with E-state index in [9.17, 15) is 36.2 Å². The summed E-state index contributed by atoms with van der Waals surface area (Å²) in [5.41, 5.74) is -5.33. The second-order valence-corrected chi connectivity index (χ2v) is 6.46. The molecule has 0 aliphatic heterocycles. The molecule has 0 aliphatic carbocycles. The third-order valence-electron chi connectivity index (χ3n) is 4.31. The number of nitrogens with zero attached hydrogens (tertiary/aromatic N) is 2.